The molecule has 5 heteroatoms. The van der Waals surface area contributed by atoms with Gasteiger partial charge in [0.05, 0.1) is 23.2 Å². The summed E-state index contributed by atoms with van der Waals surface area (Å²) in [4.78, 5) is 3.56. The standard InChI is InChI=1S/C10H14N3O2/c1-3-4-9(5-11)10(15)6-12-13-8(2)7-14/h3-4,8,10,13-15H,1,7H2,2H3/q+1. The van der Waals surface area contributed by atoms with Crippen molar-refractivity contribution in [2.75, 3.05) is 6.61 Å². The van der Waals surface area contributed by atoms with E-state index in [4.69, 9.17) is 10.4 Å². The molecule has 0 spiro atoms. The van der Waals surface area contributed by atoms with Gasteiger partial charge in [-0.05, 0) is 13.0 Å². The first-order chi connectivity index (χ1) is 7.15. The van der Waals surface area contributed by atoms with Gasteiger partial charge in [0.1, 0.15) is 6.04 Å². The van der Waals surface area contributed by atoms with Crippen LogP contribution in [0.5, 0.6) is 0 Å². The van der Waals surface area contributed by atoms with E-state index in [-0.39, 0.29) is 18.2 Å². The van der Waals surface area contributed by atoms with Crippen LogP contribution in [0.25, 0.3) is 4.95 Å². The summed E-state index contributed by atoms with van der Waals surface area (Å²) in [6, 6.07) is 3.87. The molecule has 0 aromatic heterocycles. The highest BCUT2D eigenvalue weighted by molar-refractivity contribution is 5.33. The Morgan fingerprint density at radius 2 is 2.40 bits per heavy atom. The number of nitrogens with one attached hydrogen (secondary N) is 1. The van der Waals surface area contributed by atoms with Crippen LogP contribution in [0.3, 0.4) is 0 Å². The molecule has 0 aliphatic carbocycles. The van der Waals surface area contributed by atoms with Gasteiger partial charge in [-0.1, -0.05) is 18.1 Å². The molecule has 0 saturated carbocycles. The summed E-state index contributed by atoms with van der Waals surface area (Å²) < 4.78 is 0. The molecule has 0 amide bonds. The number of nitrogens with zero attached hydrogens (tertiary/aromatic N) is 2. The highest BCUT2D eigenvalue weighted by Gasteiger charge is 2.13. The number of allylic oxidation sites excluding steroid dienone is 2. The molecule has 0 fully saturated rings. The van der Waals surface area contributed by atoms with Crippen LogP contribution in [0, 0.1) is 17.4 Å². The van der Waals surface area contributed by atoms with Crippen LogP contribution < -0.4 is 5.43 Å². The Balaban J connectivity index is 4.34. The molecule has 0 radical (unpaired) electrons. The molecule has 5 nitrogen and oxygen atoms in total. The number of rotatable bonds is 4. The Bertz CT molecular complexity index is 333. The molecule has 0 saturated heterocycles. The molecule has 0 aromatic carbocycles. The van der Waals surface area contributed by atoms with Crippen molar-refractivity contribution < 1.29 is 10.2 Å². The lowest BCUT2D eigenvalue weighted by Crippen LogP contribution is -2.23. The summed E-state index contributed by atoms with van der Waals surface area (Å²) in [5.41, 5.74) is 2.63. The summed E-state index contributed by atoms with van der Waals surface area (Å²) in [6.45, 7) is 5.04. The minimum Gasteiger partial charge on any atom is -0.394 e. The van der Waals surface area contributed by atoms with E-state index >= 15 is 0 Å². The summed E-state index contributed by atoms with van der Waals surface area (Å²) in [5.74, 6) is 0. The van der Waals surface area contributed by atoms with E-state index in [9.17, 15) is 5.11 Å². The summed E-state index contributed by atoms with van der Waals surface area (Å²) in [6.07, 6.45) is 1.59. The lowest BCUT2D eigenvalue weighted by atomic mass is 10.2. The minimum atomic E-state index is -1.19. The number of aliphatic hydroxyl groups is 2. The molecule has 80 valence electrons. The van der Waals surface area contributed by atoms with E-state index in [0.717, 1.165) is 0 Å². The molecular formula is C10H14N3O2+. The smallest absolute Gasteiger partial charge is 0.356 e. The SMILES string of the molecule is C=CC=C(C#N)C(O)C#[N+]NC(C)CO. The monoisotopic (exact) mass is 208 g/mol. The van der Waals surface area contributed by atoms with Crippen molar-refractivity contribution in [3.63, 3.8) is 0 Å². The molecule has 15 heavy (non-hydrogen) atoms. The van der Waals surface area contributed by atoms with Crippen LogP contribution >= 0.6 is 0 Å². The summed E-state index contributed by atoms with van der Waals surface area (Å²) in [5, 5.41) is 26.6. The maximum absolute atomic E-state index is 9.38. The molecule has 0 aromatic rings. The van der Waals surface area contributed by atoms with Crippen molar-refractivity contribution >= 4 is 0 Å². The van der Waals surface area contributed by atoms with Gasteiger partial charge in [0.25, 0.3) is 0 Å². The maximum atomic E-state index is 9.38. The Kier molecular flexibility index (Phi) is 6.65. The fraction of sp³-hybridized carbons (Fsp3) is 0.400. The minimum absolute atomic E-state index is 0.0745. The second kappa shape index (κ2) is 7.57. The van der Waals surface area contributed by atoms with Gasteiger partial charge in [0.15, 0.2) is 0 Å². The maximum Gasteiger partial charge on any atom is 0.356 e. The molecular weight excluding hydrogens is 194 g/mol. The van der Waals surface area contributed by atoms with Gasteiger partial charge in [0.2, 0.25) is 6.10 Å². The van der Waals surface area contributed by atoms with Gasteiger partial charge in [-0.15, -0.1) is 0 Å². The van der Waals surface area contributed by atoms with Crippen LogP contribution in [-0.4, -0.2) is 29.0 Å². The second-order valence-electron chi connectivity index (χ2n) is 2.83. The van der Waals surface area contributed by atoms with Crippen molar-refractivity contribution in [1.29, 1.82) is 5.26 Å². The highest BCUT2D eigenvalue weighted by atomic mass is 16.3. The van der Waals surface area contributed by atoms with Crippen molar-refractivity contribution in [2.24, 2.45) is 0 Å². The summed E-state index contributed by atoms with van der Waals surface area (Å²) >= 11 is 0. The first-order valence-corrected chi connectivity index (χ1v) is 4.38. The van der Waals surface area contributed by atoms with E-state index in [0.29, 0.717) is 0 Å². The lowest BCUT2D eigenvalue weighted by molar-refractivity contribution is 0.259. The Hall–Kier alpha value is -1.82. The third-order valence-corrected chi connectivity index (χ3v) is 1.47. The molecule has 2 unspecified atom stereocenters. The van der Waals surface area contributed by atoms with Gasteiger partial charge >= 0.3 is 6.07 Å². The third kappa shape index (κ3) is 5.48. The van der Waals surface area contributed by atoms with Gasteiger partial charge in [0, 0.05) is 0 Å². The van der Waals surface area contributed by atoms with Gasteiger partial charge in [-0.2, -0.15) is 5.26 Å². The van der Waals surface area contributed by atoms with Gasteiger partial charge < -0.3 is 10.2 Å². The molecule has 0 aliphatic rings. The van der Waals surface area contributed by atoms with Crippen LogP contribution in [0.1, 0.15) is 6.92 Å². The van der Waals surface area contributed by atoms with Gasteiger partial charge in [-0.25, -0.2) is 0 Å². The quantitative estimate of drug-likeness (QED) is 0.267. The van der Waals surface area contributed by atoms with E-state index in [1.165, 1.54) is 12.2 Å². The molecule has 0 rings (SSSR count). The normalized spacial score (nSPS) is 14.1. The van der Waals surface area contributed by atoms with Crippen LogP contribution in [0.15, 0.2) is 24.3 Å². The largest absolute Gasteiger partial charge is 0.394 e. The molecule has 0 heterocycles. The van der Waals surface area contributed by atoms with Crippen molar-refractivity contribution in [3.8, 4) is 12.1 Å². The summed E-state index contributed by atoms with van der Waals surface area (Å²) in [7, 11) is 0. The van der Waals surface area contributed by atoms with Crippen molar-refractivity contribution in [2.45, 2.75) is 19.1 Å². The predicted octanol–water partition coefficient (Wildman–Crippen LogP) is 0.202. The average Bonchev–Trinajstić information content (AvgIpc) is 2.25. The topological polar surface area (TPSA) is 80.6 Å². The zero-order chi connectivity index (χ0) is 11.7. The van der Waals surface area contributed by atoms with Crippen LogP contribution in [0.4, 0.5) is 0 Å². The first-order valence-electron chi connectivity index (χ1n) is 4.38. The van der Waals surface area contributed by atoms with Crippen LogP contribution in [-0.2, 0) is 0 Å². The Morgan fingerprint density at radius 1 is 1.73 bits per heavy atom. The average molecular weight is 208 g/mol. The number of nitriles is 1. The van der Waals surface area contributed by atoms with E-state index in [2.05, 4.69) is 23.0 Å². The van der Waals surface area contributed by atoms with Gasteiger partial charge in [-0.3, -0.25) is 0 Å². The molecule has 0 bridgehead atoms. The highest BCUT2D eigenvalue weighted by Crippen LogP contribution is 1.99. The Labute approximate surface area is 88.7 Å². The molecule has 3 N–H and O–H groups in total. The fourth-order valence-corrected chi connectivity index (χ4v) is 0.635. The number of hydrogen-bond donors (Lipinski definition) is 3. The fourth-order valence-electron chi connectivity index (χ4n) is 0.635. The van der Waals surface area contributed by atoms with Crippen molar-refractivity contribution in [1.82, 2.24) is 5.43 Å². The molecule has 2 atom stereocenters. The van der Waals surface area contributed by atoms with Crippen LogP contribution in [0.2, 0.25) is 0 Å². The van der Waals surface area contributed by atoms with E-state index < -0.39 is 6.10 Å². The zero-order valence-electron chi connectivity index (χ0n) is 8.51. The number of hydrogen-bond acceptors (Lipinski definition) is 4. The number of aliphatic hydroxyl groups excluding tert-OH is 2. The van der Waals surface area contributed by atoms with Crippen molar-refractivity contribution in [3.05, 3.63) is 29.3 Å². The predicted molar refractivity (Wildman–Crippen MR) is 56.8 cm³/mol. The lowest BCUT2D eigenvalue weighted by Gasteiger charge is -1.95. The van der Waals surface area contributed by atoms with E-state index in [1.54, 1.807) is 13.0 Å². The first kappa shape index (κ1) is 13.2. The second-order valence-corrected chi connectivity index (χ2v) is 2.83. The van der Waals surface area contributed by atoms with E-state index in [1.807, 2.05) is 0 Å². The third-order valence-electron chi connectivity index (χ3n) is 1.47. The zero-order valence-corrected chi connectivity index (χ0v) is 8.51. The molecule has 0 aliphatic heterocycles. The Morgan fingerprint density at radius 3 is 2.87 bits per heavy atom.